The van der Waals surface area contributed by atoms with Crippen molar-refractivity contribution in [1.29, 1.82) is 0 Å². The van der Waals surface area contributed by atoms with Crippen molar-refractivity contribution in [2.45, 2.75) is 6.92 Å². The standard InChI is InChI=1S/C17H13N3/c1-12-14-9-5-6-10-15(14)17-18-11-19-20(17)16(12)13-7-3-2-4-8-13/h2-11H,1H3. The van der Waals surface area contributed by atoms with Gasteiger partial charge < -0.3 is 0 Å². The second-order valence-corrected chi connectivity index (χ2v) is 4.88. The van der Waals surface area contributed by atoms with Gasteiger partial charge in [-0.2, -0.15) is 5.10 Å². The number of pyridine rings is 1. The molecule has 0 N–H and O–H groups in total. The summed E-state index contributed by atoms with van der Waals surface area (Å²) in [6.45, 7) is 2.14. The number of nitrogens with zero attached hydrogens (tertiary/aromatic N) is 3. The molecule has 0 atom stereocenters. The molecule has 0 amide bonds. The predicted molar refractivity (Wildman–Crippen MR) is 80.7 cm³/mol. The summed E-state index contributed by atoms with van der Waals surface area (Å²) >= 11 is 0. The molecule has 0 unspecified atom stereocenters. The second-order valence-electron chi connectivity index (χ2n) is 4.88. The maximum atomic E-state index is 4.43. The Bertz CT molecular complexity index is 907. The van der Waals surface area contributed by atoms with E-state index in [1.54, 1.807) is 6.33 Å². The van der Waals surface area contributed by atoms with Crippen LogP contribution in [0.1, 0.15) is 5.56 Å². The zero-order chi connectivity index (χ0) is 13.5. The lowest BCUT2D eigenvalue weighted by Gasteiger charge is -2.12. The summed E-state index contributed by atoms with van der Waals surface area (Å²) in [4.78, 5) is 4.43. The summed E-state index contributed by atoms with van der Waals surface area (Å²) < 4.78 is 1.94. The molecule has 0 radical (unpaired) electrons. The van der Waals surface area contributed by atoms with Gasteiger partial charge in [0.1, 0.15) is 6.33 Å². The van der Waals surface area contributed by atoms with Crippen molar-refractivity contribution in [1.82, 2.24) is 14.6 Å². The summed E-state index contributed by atoms with van der Waals surface area (Å²) in [5.41, 5.74) is 4.40. The minimum Gasteiger partial charge on any atom is -0.215 e. The molecule has 0 saturated heterocycles. The van der Waals surface area contributed by atoms with Crippen LogP contribution in [0.5, 0.6) is 0 Å². The molecule has 0 aliphatic heterocycles. The summed E-state index contributed by atoms with van der Waals surface area (Å²) in [5, 5.41) is 6.78. The molecule has 0 spiro atoms. The number of rotatable bonds is 1. The van der Waals surface area contributed by atoms with E-state index in [1.165, 1.54) is 10.9 Å². The maximum absolute atomic E-state index is 4.43. The summed E-state index contributed by atoms with van der Waals surface area (Å²) in [5.74, 6) is 0. The molecule has 0 saturated carbocycles. The van der Waals surface area contributed by atoms with Crippen LogP contribution in [0.4, 0.5) is 0 Å². The molecule has 96 valence electrons. The van der Waals surface area contributed by atoms with E-state index in [1.807, 2.05) is 28.8 Å². The van der Waals surface area contributed by atoms with Crippen molar-refractivity contribution in [2.75, 3.05) is 0 Å². The molecule has 2 aromatic carbocycles. The van der Waals surface area contributed by atoms with Crippen LogP contribution in [0.25, 0.3) is 27.7 Å². The van der Waals surface area contributed by atoms with Gasteiger partial charge in [0.2, 0.25) is 0 Å². The fraction of sp³-hybridized carbons (Fsp3) is 0.0588. The Balaban J connectivity index is 2.24. The normalized spacial score (nSPS) is 11.2. The van der Waals surface area contributed by atoms with Gasteiger partial charge in [-0.25, -0.2) is 9.50 Å². The van der Waals surface area contributed by atoms with Gasteiger partial charge in [0, 0.05) is 10.9 Å². The third kappa shape index (κ3) is 1.46. The summed E-state index contributed by atoms with van der Waals surface area (Å²) in [7, 11) is 0. The highest BCUT2D eigenvalue weighted by molar-refractivity contribution is 5.99. The molecule has 0 aliphatic carbocycles. The first-order valence-corrected chi connectivity index (χ1v) is 6.63. The van der Waals surface area contributed by atoms with Crippen LogP contribution in [0.15, 0.2) is 60.9 Å². The quantitative estimate of drug-likeness (QED) is 0.519. The van der Waals surface area contributed by atoms with Crippen molar-refractivity contribution in [2.24, 2.45) is 0 Å². The molecule has 3 heteroatoms. The fourth-order valence-corrected chi connectivity index (χ4v) is 2.82. The molecule has 0 bridgehead atoms. The minimum atomic E-state index is 0.907. The van der Waals surface area contributed by atoms with Gasteiger partial charge in [-0.05, 0) is 17.9 Å². The Morgan fingerprint density at radius 1 is 0.850 bits per heavy atom. The average molecular weight is 259 g/mol. The number of benzene rings is 2. The first kappa shape index (κ1) is 11.2. The number of fused-ring (bicyclic) bond motifs is 3. The number of aryl methyl sites for hydroxylation is 1. The smallest absolute Gasteiger partial charge is 0.163 e. The highest BCUT2D eigenvalue weighted by Crippen LogP contribution is 2.31. The van der Waals surface area contributed by atoms with E-state index >= 15 is 0 Å². The van der Waals surface area contributed by atoms with Gasteiger partial charge in [-0.15, -0.1) is 0 Å². The van der Waals surface area contributed by atoms with E-state index in [0.717, 1.165) is 22.3 Å². The Labute approximate surface area is 116 Å². The van der Waals surface area contributed by atoms with Crippen molar-refractivity contribution in [3.8, 4) is 11.3 Å². The van der Waals surface area contributed by atoms with Crippen molar-refractivity contribution >= 4 is 16.4 Å². The van der Waals surface area contributed by atoms with Crippen LogP contribution < -0.4 is 0 Å². The molecule has 2 heterocycles. The lowest BCUT2D eigenvalue weighted by Crippen LogP contribution is -1.99. The number of hydrogen-bond acceptors (Lipinski definition) is 2. The van der Waals surface area contributed by atoms with Gasteiger partial charge in [0.25, 0.3) is 0 Å². The van der Waals surface area contributed by atoms with Gasteiger partial charge in [0.15, 0.2) is 5.65 Å². The number of hydrogen-bond donors (Lipinski definition) is 0. The molecule has 4 aromatic rings. The summed E-state index contributed by atoms with van der Waals surface area (Å²) in [6.07, 6.45) is 1.62. The monoisotopic (exact) mass is 259 g/mol. The van der Waals surface area contributed by atoms with E-state index in [-0.39, 0.29) is 0 Å². The first-order chi connectivity index (χ1) is 9.86. The topological polar surface area (TPSA) is 30.2 Å². The first-order valence-electron chi connectivity index (χ1n) is 6.63. The van der Waals surface area contributed by atoms with Gasteiger partial charge in [-0.1, -0.05) is 54.6 Å². The molecule has 2 aromatic heterocycles. The van der Waals surface area contributed by atoms with Gasteiger partial charge in [-0.3, -0.25) is 0 Å². The Hall–Kier alpha value is -2.68. The van der Waals surface area contributed by atoms with Crippen LogP contribution in [0.3, 0.4) is 0 Å². The predicted octanol–water partition coefficient (Wildman–Crippen LogP) is 3.86. The third-order valence-corrected chi connectivity index (χ3v) is 3.73. The second kappa shape index (κ2) is 4.17. The lowest BCUT2D eigenvalue weighted by molar-refractivity contribution is 0.967. The molecule has 0 fully saturated rings. The van der Waals surface area contributed by atoms with E-state index in [9.17, 15) is 0 Å². The Morgan fingerprint density at radius 2 is 1.55 bits per heavy atom. The van der Waals surface area contributed by atoms with Crippen LogP contribution in [-0.2, 0) is 0 Å². The Morgan fingerprint density at radius 3 is 2.35 bits per heavy atom. The van der Waals surface area contributed by atoms with E-state index in [4.69, 9.17) is 0 Å². The largest absolute Gasteiger partial charge is 0.215 e. The van der Waals surface area contributed by atoms with E-state index in [0.29, 0.717) is 0 Å². The molecule has 3 nitrogen and oxygen atoms in total. The zero-order valence-electron chi connectivity index (χ0n) is 11.1. The third-order valence-electron chi connectivity index (χ3n) is 3.73. The molecular formula is C17H13N3. The van der Waals surface area contributed by atoms with Crippen LogP contribution in [0.2, 0.25) is 0 Å². The van der Waals surface area contributed by atoms with Crippen molar-refractivity contribution in [3.63, 3.8) is 0 Å². The molecule has 4 rings (SSSR count). The van der Waals surface area contributed by atoms with E-state index in [2.05, 4.69) is 47.3 Å². The van der Waals surface area contributed by atoms with Gasteiger partial charge in [0.05, 0.1) is 5.69 Å². The highest BCUT2D eigenvalue weighted by Gasteiger charge is 2.13. The zero-order valence-corrected chi connectivity index (χ0v) is 11.1. The minimum absolute atomic E-state index is 0.907. The summed E-state index contributed by atoms with van der Waals surface area (Å²) in [6, 6.07) is 18.7. The molecule has 20 heavy (non-hydrogen) atoms. The van der Waals surface area contributed by atoms with Crippen LogP contribution in [-0.4, -0.2) is 14.6 Å². The van der Waals surface area contributed by atoms with Crippen molar-refractivity contribution in [3.05, 3.63) is 66.5 Å². The molecular weight excluding hydrogens is 246 g/mol. The fourth-order valence-electron chi connectivity index (χ4n) is 2.82. The van der Waals surface area contributed by atoms with Crippen LogP contribution >= 0.6 is 0 Å². The van der Waals surface area contributed by atoms with E-state index < -0.39 is 0 Å². The van der Waals surface area contributed by atoms with Crippen molar-refractivity contribution < 1.29 is 0 Å². The van der Waals surface area contributed by atoms with Gasteiger partial charge >= 0.3 is 0 Å². The SMILES string of the molecule is Cc1c(-c2ccccc2)n2ncnc2c2ccccc12. The average Bonchev–Trinajstić information content (AvgIpc) is 2.98. The molecule has 0 aliphatic rings. The Kier molecular flexibility index (Phi) is 2.33. The van der Waals surface area contributed by atoms with Crippen LogP contribution in [0, 0.1) is 6.92 Å². The maximum Gasteiger partial charge on any atom is 0.163 e. The number of aromatic nitrogens is 3. The highest BCUT2D eigenvalue weighted by atomic mass is 15.3. The lowest BCUT2D eigenvalue weighted by atomic mass is 10.0.